The largest absolute Gasteiger partial charge is 0.379 e. The normalized spacial score (nSPS) is 20.2. The molecule has 0 unspecified atom stereocenters. The number of carbonyl (C=O) groups is 1. The van der Waals surface area contributed by atoms with Crippen molar-refractivity contribution in [2.24, 2.45) is 0 Å². The maximum atomic E-state index is 14.3. The van der Waals surface area contributed by atoms with Crippen molar-refractivity contribution in [2.75, 3.05) is 45.9 Å². The molecule has 0 aromatic heterocycles. The van der Waals surface area contributed by atoms with Crippen LogP contribution in [-0.2, 0) is 14.8 Å². The van der Waals surface area contributed by atoms with Crippen molar-refractivity contribution in [2.45, 2.75) is 37.1 Å². The minimum Gasteiger partial charge on any atom is -0.379 e. The molecule has 0 aliphatic carbocycles. The summed E-state index contributed by atoms with van der Waals surface area (Å²) in [7, 11) is -4.00. The van der Waals surface area contributed by atoms with Gasteiger partial charge in [-0.15, -0.1) is 0 Å². The molecule has 28 heavy (non-hydrogen) atoms. The first-order valence-electron chi connectivity index (χ1n) is 9.82. The molecule has 1 aromatic rings. The van der Waals surface area contributed by atoms with E-state index in [1.165, 1.54) is 10.4 Å². The summed E-state index contributed by atoms with van der Waals surface area (Å²) in [4.78, 5) is 14.5. The van der Waals surface area contributed by atoms with Gasteiger partial charge >= 0.3 is 0 Å². The van der Waals surface area contributed by atoms with Gasteiger partial charge in [0.05, 0.1) is 13.2 Å². The average Bonchev–Trinajstić information content (AvgIpc) is 2.70. The lowest BCUT2D eigenvalue weighted by atomic mass is 10.0. The van der Waals surface area contributed by atoms with E-state index in [4.69, 9.17) is 4.74 Å². The molecule has 2 heterocycles. The average molecular weight is 414 g/mol. The van der Waals surface area contributed by atoms with E-state index in [0.717, 1.165) is 51.0 Å². The van der Waals surface area contributed by atoms with Crippen molar-refractivity contribution in [3.63, 3.8) is 0 Å². The number of nitrogens with one attached hydrogen (secondary N) is 1. The first-order valence-corrected chi connectivity index (χ1v) is 11.3. The summed E-state index contributed by atoms with van der Waals surface area (Å²) < 4.78 is 46.2. The van der Waals surface area contributed by atoms with Crippen molar-refractivity contribution in [1.82, 2.24) is 14.5 Å². The van der Waals surface area contributed by atoms with Crippen LogP contribution in [0.25, 0.3) is 0 Å². The number of piperidine rings is 1. The molecule has 0 atom stereocenters. The highest BCUT2D eigenvalue weighted by Gasteiger charge is 2.30. The van der Waals surface area contributed by atoms with E-state index in [1.807, 2.05) is 0 Å². The van der Waals surface area contributed by atoms with Crippen LogP contribution in [0.5, 0.6) is 0 Å². The fraction of sp³-hybridized carbons (Fsp3) is 0.632. The Kier molecular flexibility index (Phi) is 7.03. The number of halogens is 1. The molecule has 1 amide bonds. The Bertz CT molecular complexity index is 788. The van der Waals surface area contributed by atoms with Gasteiger partial charge in [-0.3, -0.25) is 4.79 Å². The van der Waals surface area contributed by atoms with Crippen LogP contribution in [0.1, 0.15) is 36.5 Å². The predicted molar refractivity (Wildman–Crippen MR) is 103 cm³/mol. The first-order chi connectivity index (χ1) is 13.4. The molecule has 156 valence electrons. The van der Waals surface area contributed by atoms with Crippen LogP contribution in [0.4, 0.5) is 4.39 Å². The van der Waals surface area contributed by atoms with E-state index in [9.17, 15) is 17.6 Å². The van der Waals surface area contributed by atoms with Crippen LogP contribution in [-0.4, -0.2) is 75.5 Å². The summed E-state index contributed by atoms with van der Waals surface area (Å²) in [6.07, 6.45) is 2.81. The van der Waals surface area contributed by atoms with E-state index in [-0.39, 0.29) is 43.8 Å². The van der Waals surface area contributed by atoms with Crippen LogP contribution >= 0.6 is 0 Å². The molecule has 1 N–H and O–H groups in total. The number of sulfonamides is 1. The van der Waals surface area contributed by atoms with Crippen LogP contribution < -0.4 is 5.32 Å². The van der Waals surface area contributed by atoms with Crippen LogP contribution in [0.15, 0.2) is 23.1 Å². The number of morpholine rings is 1. The number of hydrogen-bond acceptors (Lipinski definition) is 5. The van der Waals surface area contributed by atoms with Crippen molar-refractivity contribution < 1.29 is 22.3 Å². The summed E-state index contributed by atoms with van der Waals surface area (Å²) in [6.45, 7) is 5.96. The zero-order chi connectivity index (χ0) is 20.1. The quantitative estimate of drug-likeness (QED) is 0.764. The summed E-state index contributed by atoms with van der Waals surface area (Å²) in [6, 6.07) is 3.56. The highest BCUT2D eigenvalue weighted by Crippen LogP contribution is 2.22. The van der Waals surface area contributed by atoms with Gasteiger partial charge in [0.15, 0.2) is 0 Å². The third-order valence-corrected chi connectivity index (χ3v) is 7.16. The Hall–Kier alpha value is -1.55. The molecule has 2 saturated heterocycles. The number of likely N-dealkylation sites (tertiary alicyclic amines) is 1. The summed E-state index contributed by atoms with van der Waals surface area (Å²) in [5.74, 6) is -1.22. The van der Waals surface area contributed by atoms with Crippen molar-refractivity contribution in [1.29, 1.82) is 0 Å². The lowest BCUT2D eigenvalue weighted by molar-refractivity contribution is 0.0729. The van der Waals surface area contributed by atoms with Crippen LogP contribution in [0, 0.1) is 5.82 Å². The molecule has 0 saturated carbocycles. The molecule has 2 aliphatic heterocycles. The van der Waals surface area contributed by atoms with Gasteiger partial charge in [0.1, 0.15) is 10.7 Å². The van der Waals surface area contributed by atoms with Crippen molar-refractivity contribution in [3.8, 4) is 0 Å². The lowest BCUT2D eigenvalue weighted by Crippen LogP contribution is -2.44. The first kappa shape index (κ1) is 21.2. The highest BCUT2D eigenvalue weighted by atomic mass is 32.2. The van der Waals surface area contributed by atoms with Gasteiger partial charge in [-0.1, -0.05) is 6.92 Å². The Balaban J connectivity index is 1.69. The third kappa shape index (κ3) is 4.89. The van der Waals surface area contributed by atoms with Crippen molar-refractivity contribution in [3.05, 3.63) is 29.6 Å². The standard InChI is InChI=1S/C19H28FN3O4S/c1-2-7-22-8-5-16(6-9-22)21-19(24)15-3-4-17(20)18(14-15)28(25,26)23-10-12-27-13-11-23/h3-4,14,16H,2,5-13H2,1H3,(H,21,24). The lowest BCUT2D eigenvalue weighted by Gasteiger charge is -2.32. The summed E-state index contributed by atoms with van der Waals surface area (Å²) in [5.41, 5.74) is 0.157. The molecule has 2 aliphatic rings. The molecule has 1 aromatic carbocycles. The second-order valence-electron chi connectivity index (χ2n) is 7.25. The third-order valence-electron chi connectivity index (χ3n) is 5.24. The molecule has 0 radical (unpaired) electrons. The van der Waals surface area contributed by atoms with E-state index in [1.54, 1.807) is 0 Å². The van der Waals surface area contributed by atoms with Gasteiger partial charge in [0.25, 0.3) is 5.91 Å². The Labute approximate surface area is 165 Å². The number of nitrogens with zero attached hydrogens (tertiary/aromatic N) is 2. The van der Waals surface area contributed by atoms with Gasteiger partial charge in [-0.2, -0.15) is 4.31 Å². The minimum absolute atomic E-state index is 0.0463. The molecule has 7 nitrogen and oxygen atoms in total. The van der Waals surface area contributed by atoms with Crippen LogP contribution in [0.3, 0.4) is 0 Å². The maximum absolute atomic E-state index is 14.3. The SMILES string of the molecule is CCCN1CCC(NC(=O)c2ccc(F)c(S(=O)(=O)N3CCOCC3)c2)CC1. The van der Waals surface area contributed by atoms with E-state index < -0.39 is 20.7 Å². The molecular formula is C19H28FN3O4S. The summed E-state index contributed by atoms with van der Waals surface area (Å²) in [5, 5.41) is 2.96. The number of carbonyl (C=O) groups excluding carboxylic acids is 1. The highest BCUT2D eigenvalue weighted by molar-refractivity contribution is 7.89. The van der Waals surface area contributed by atoms with Gasteiger partial charge < -0.3 is 15.0 Å². The second-order valence-corrected chi connectivity index (χ2v) is 9.16. The Morgan fingerprint density at radius 1 is 1.21 bits per heavy atom. The predicted octanol–water partition coefficient (Wildman–Crippen LogP) is 1.45. The summed E-state index contributed by atoms with van der Waals surface area (Å²) >= 11 is 0. The fourth-order valence-electron chi connectivity index (χ4n) is 3.65. The topological polar surface area (TPSA) is 79.0 Å². The Morgan fingerprint density at radius 3 is 2.54 bits per heavy atom. The fourth-order valence-corrected chi connectivity index (χ4v) is 5.15. The van der Waals surface area contributed by atoms with Crippen LogP contribution in [0.2, 0.25) is 0 Å². The van der Waals surface area contributed by atoms with E-state index >= 15 is 0 Å². The van der Waals surface area contributed by atoms with Gasteiger partial charge in [-0.05, 0) is 44.0 Å². The van der Waals surface area contributed by atoms with Gasteiger partial charge in [0.2, 0.25) is 10.0 Å². The van der Waals surface area contributed by atoms with Gasteiger partial charge in [0, 0.05) is 37.8 Å². The van der Waals surface area contributed by atoms with E-state index in [0.29, 0.717) is 0 Å². The number of hydrogen-bond donors (Lipinski definition) is 1. The second kappa shape index (κ2) is 9.30. The zero-order valence-electron chi connectivity index (χ0n) is 16.2. The minimum atomic E-state index is -4.00. The Morgan fingerprint density at radius 2 is 1.89 bits per heavy atom. The van der Waals surface area contributed by atoms with Gasteiger partial charge in [-0.25, -0.2) is 12.8 Å². The molecule has 0 spiro atoms. The molecule has 2 fully saturated rings. The number of amides is 1. The molecule has 3 rings (SSSR count). The number of rotatable bonds is 6. The van der Waals surface area contributed by atoms with Crippen molar-refractivity contribution >= 4 is 15.9 Å². The molecule has 0 bridgehead atoms. The zero-order valence-corrected chi connectivity index (χ0v) is 17.0. The number of ether oxygens (including phenoxy) is 1. The van der Waals surface area contributed by atoms with E-state index in [2.05, 4.69) is 17.1 Å². The smallest absolute Gasteiger partial charge is 0.251 e. The maximum Gasteiger partial charge on any atom is 0.251 e. The molecular weight excluding hydrogens is 385 g/mol. The monoisotopic (exact) mass is 413 g/mol. The number of benzene rings is 1. The molecule has 9 heteroatoms.